The summed E-state index contributed by atoms with van der Waals surface area (Å²) in [6.07, 6.45) is 8.57. The van der Waals surface area contributed by atoms with E-state index in [1.165, 1.54) is 20.6 Å². The number of phenols is 2. The number of allylic oxidation sites excluding steroid dienone is 2. The van der Waals surface area contributed by atoms with Gasteiger partial charge in [0.1, 0.15) is 0 Å². The number of methoxy groups -OCH3 is 2. The van der Waals surface area contributed by atoms with E-state index in [0.29, 0.717) is 11.5 Å². The second-order valence-corrected chi connectivity index (χ2v) is 7.39. The molecule has 0 aliphatic heterocycles. The minimum atomic E-state index is 0.172. The molecule has 0 bridgehead atoms. The maximum atomic E-state index is 9.25. The molecule has 7 heteroatoms. The molecule has 7 N–H and O–H groups in total. The summed E-state index contributed by atoms with van der Waals surface area (Å²) in [6, 6.07) is 10.5. The maximum Gasteiger partial charge on any atom is 0.160 e. The first-order chi connectivity index (χ1) is 16.5. The Bertz CT molecular complexity index is 745. The zero-order valence-electron chi connectivity index (χ0n) is 20.8. The van der Waals surface area contributed by atoms with Gasteiger partial charge in [-0.25, -0.2) is 0 Å². The third-order valence-corrected chi connectivity index (χ3v) is 4.61. The third-order valence-electron chi connectivity index (χ3n) is 4.61. The summed E-state index contributed by atoms with van der Waals surface area (Å²) in [5, 5.41) is 21.8. The van der Waals surface area contributed by atoms with Crippen LogP contribution < -0.4 is 26.3 Å². The van der Waals surface area contributed by atoms with Gasteiger partial charge in [-0.15, -0.1) is 13.2 Å². The van der Waals surface area contributed by atoms with E-state index in [-0.39, 0.29) is 11.5 Å². The molecular formula is C27H43N3O4. The maximum absolute atomic E-state index is 9.25. The van der Waals surface area contributed by atoms with Crippen molar-refractivity contribution in [1.82, 2.24) is 5.32 Å². The number of aromatic hydroxyl groups is 2. The first kappa shape index (κ1) is 31.0. The average molecular weight is 474 g/mol. The van der Waals surface area contributed by atoms with E-state index in [1.54, 1.807) is 24.3 Å². The van der Waals surface area contributed by atoms with Gasteiger partial charge in [0.05, 0.1) is 14.2 Å². The Balaban J connectivity index is 0.000000484. The number of nitrogens with one attached hydrogen (secondary N) is 1. The van der Waals surface area contributed by atoms with Gasteiger partial charge in [-0.2, -0.15) is 0 Å². The molecule has 0 amide bonds. The molecule has 0 unspecified atom stereocenters. The lowest BCUT2D eigenvalue weighted by atomic mass is 10.1. The van der Waals surface area contributed by atoms with Crippen LogP contribution in [0.3, 0.4) is 0 Å². The Morgan fingerprint density at radius 2 is 1.21 bits per heavy atom. The van der Waals surface area contributed by atoms with Crippen LogP contribution in [-0.2, 0) is 12.8 Å². The molecule has 0 aliphatic rings. The van der Waals surface area contributed by atoms with Crippen LogP contribution in [0.4, 0.5) is 0 Å². The van der Waals surface area contributed by atoms with Gasteiger partial charge in [-0.05, 0) is 93.7 Å². The molecular weight excluding hydrogens is 430 g/mol. The van der Waals surface area contributed by atoms with Gasteiger partial charge in [0, 0.05) is 0 Å². The van der Waals surface area contributed by atoms with Crippen molar-refractivity contribution >= 4 is 0 Å². The molecule has 0 atom stereocenters. The van der Waals surface area contributed by atoms with Gasteiger partial charge in [-0.1, -0.05) is 24.3 Å². The second-order valence-electron chi connectivity index (χ2n) is 7.39. The molecule has 0 fully saturated rings. The average Bonchev–Trinajstić information content (AvgIpc) is 2.85. The molecule has 2 rings (SSSR count). The monoisotopic (exact) mass is 473 g/mol. The molecule has 0 spiro atoms. The Morgan fingerprint density at radius 1 is 0.765 bits per heavy atom. The van der Waals surface area contributed by atoms with Gasteiger partial charge < -0.3 is 36.5 Å². The molecule has 190 valence electrons. The van der Waals surface area contributed by atoms with Crippen molar-refractivity contribution in [2.24, 2.45) is 11.5 Å². The largest absolute Gasteiger partial charge is 0.504 e. The van der Waals surface area contributed by atoms with Crippen LogP contribution in [0.1, 0.15) is 30.4 Å². The van der Waals surface area contributed by atoms with Gasteiger partial charge in [-0.3, -0.25) is 0 Å². The molecule has 0 saturated heterocycles. The van der Waals surface area contributed by atoms with Crippen LogP contribution in [0.5, 0.6) is 23.0 Å². The van der Waals surface area contributed by atoms with Crippen molar-refractivity contribution in [1.29, 1.82) is 0 Å². The van der Waals surface area contributed by atoms with E-state index in [0.717, 1.165) is 63.0 Å². The van der Waals surface area contributed by atoms with Crippen molar-refractivity contribution in [2.75, 3.05) is 40.4 Å². The molecule has 2 aromatic rings. The van der Waals surface area contributed by atoms with Crippen LogP contribution in [-0.4, -0.2) is 50.6 Å². The van der Waals surface area contributed by atoms with Gasteiger partial charge >= 0.3 is 0 Å². The molecule has 0 aromatic heterocycles. The quantitative estimate of drug-likeness (QED) is 0.221. The first-order valence-electron chi connectivity index (χ1n) is 11.5. The van der Waals surface area contributed by atoms with Gasteiger partial charge in [0.2, 0.25) is 0 Å². The lowest BCUT2D eigenvalue weighted by Gasteiger charge is -2.04. The summed E-state index contributed by atoms with van der Waals surface area (Å²) in [4.78, 5) is 0. The van der Waals surface area contributed by atoms with Crippen molar-refractivity contribution < 1.29 is 19.7 Å². The first-order valence-corrected chi connectivity index (χ1v) is 11.5. The predicted octanol–water partition coefficient (Wildman–Crippen LogP) is 3.92. The highest BCUT2D eigenvalue weighted by atomic mass is 16.5. The summed E-state index contributed by atoms with van der Waals surface area (Å²) in [7, 11) is 3.07. The number of ether oxygens (including phenoxy) is 2. The second kappa shape index (κ2) is 20.6. The number of benzene rings is 2. The fourth-order valence-corrected chi connectivity index (χ4v) is 2.78. The predicted molar refractivity (Wildman–Crippen MR) is 142 cm³/mol. The zero-order chi connectivity index (χ0) is 25.6. The molecule has 0 heterocycles. The van der Waals surface area contributed by atoms with Crippen LogP contribution in [0.25, 0.3) is 0 Å². The topological polar surface area (TPSA) is 123 Å². The van der Waals surface area contributed by atoms with Crippen molar-refractivity contribution in [2.45, 2.75) is 32.1 Å². The third kappa shape index (κ3) is 14.2. The van der Waals surface area contributed by atoms with E-state index in [4.69, 9.17) is 20.9 Å². The standard InChI is InChI=1S/2C10H12O2.C7H19N3/c2*1-3-4-8-5-6-9(11)10(7-8)12-2;8-4-1-2-6-10-7-3-5-9/h2*3,5-7,11H,1,4H2,2H3;10H,1-9H2. The normalized spacial score (nSPS) is 9.65. The highest BCUT2D eigenvalue weighted by Crippen LogP contribution is 2.27. The lowest BCUT2D eigenvalue weighted by molar-refractivity contribution is 0.373. The Morgan fingerprint density at radius 3 is 1.59 bits per heavy atom. The summed E-state index contributed by atoms with van der Waals surface area (Å²) >= 11 is 0. The number of hydrogen-bond donors (Lipinski definition) is 5. The highest BCUT2D eigenvalue weighted by molar-refractivity contribution is 5.42. The molecule has 34 heavy (non-hydrogen) atoms. The summed E-state index contributed by atoms with van der Waals surface area (Å²) in [5.74, 6) is 1.36. The smallest absolute Gasteiger partial charge is 0.160 e. The van der Waals surface area contributed by atoms with Crippen LogP contribution in [0.2, 0.25) is 0 Å². The van der Waals surface area contributed by atoms with Crippen LogP contribution in [0.15, 0.2) is 61.7 Å². The number of phenolic OH excluding ortho intramolecular Hbond substituents is 2. The molecule has 7 nitrogen and oxygen atoms in total. The number of rotatable bonds is 13. The number of nitrogens with two attached hydrogens (primary N) is 2. The number of unbranched alkanes of at least 4 members (excludes halogenated alkanes) is 1. The minimum absolute atomic E-state index is 0.172. The molecule has 2 aromatic carbocycles. The van der Waals surface area contributed by atoms with Crippen LogP contribution >= 0.6 is 0 Å². The van der Waals surface area contributed by atoms with E-state index < -0.39 is 0 Å². The SMILES string of the molecule is C=CCc1ccc(O)c(OC)c1.C=CCc1ccc(O)c(OC)c1.NCCCCNCCCN. The summed E-state index contributed by atoms with van der Waals surface area (Å²) < 4.78 is 9.90. The fourth-order valence-electron chi connectivity index (χ4n) is 2.78. The van der Waals surface area contributed by atoms with E-state index in [9.17, 15) is 10.2 Å². The molecule has 0 saturated carbocycles. The summed E-state index contributed by atoms with van der Waals surface area (Å²) in [6.45, 7) is 11.0. The van der Waals surface area contributed by atoms with Crippen molar-refractivity contribution in [3.05, 3.63) is 72.8 Å². The van der Waals surface area contributed by atoms with Crippen LogP contribution in [0, 0.1) is 0 Å². The number of hydrogen-bond acceptors (Lipinski definition) is 7. The Kier molecular flexibility index (Phi) is 18.8. The Labute approximate surface area is 205 Å². The van der Waals surface area contributed by atoms with E-state index >= 15 is 0 Å². The lowest BCUT2D eigenvalue weighted by Crippen LogP contribution is -2.19. The van der Waals surface area contributed by atoms with Crippen molar-refractivity contribution in [3.63, 3.8) is 0 Å². The zero-order valence-corrected chi connectivity index (χ0v) is 20.8. The van der Waals surface area contributed by atoms with E-state index in [1.807, 2.05) is 24.3 Å². The fraction of sp³-hybridized carbons (Fsp3) is 0.407. The highest BCUT2D eigenvalue weighted by Gasteiger charge is 2.01. The van der Waals surface area contributed by atoms with Gasteiger partial charge in [0.15, 0.2) is 23.0 Å². The minimum Gasteiger partial charge on any atom is -0.504 e. The summed E-state index contributed by atoms with van der Waals surface area (Å²) in [5.41, 5.74) is 12.8. The van der Waals surface area contributed by atoms with Crippen molar-refractivity contribution in [3.8, 4) is 23.0 Å². The molecule has 0 aliphatic carbocycles. The molecule has 0 radical (unpaired) electrons. The van der Waals surface area contributed by atoms with E-state index in [2.05, 4.69) is 18.5 Å². The van der Waals surface area contributed by atoms with Gasteiger partial charge in [0.25, 0.3) is 0 Å². The Hall–Kier alpha value is -3.00.